The van der Waals surface area contributed by atoms with Crippen LogP contribution in [0.15, 0.2) is 151 Å². The Balaban J connectivity index is 0.000000258. The van der Waals surface area contributed by atoms with Crippen LogP contribution in [0.25, 0.3) is 38.8 Å². The van der Waals surface area contributed by atoms with Crippen molar-refractivity contribution < 1.29 is 9.53 Å². The number of nitrogens with zero attached hydrogens (tertiary/aromatic N) is 5. The maximum Gasteiger partial charge on any atom is 0.412 e. The molecule has 11 nitrogen and oxygen atoms in total. The Morgan fingerprint density at radius 3 is 1.89 bits per heavy atom. The first-order valence-corrected chi connectivity index (χ1v) is 18.3. The van der Waals surface area contributed by atoms with Crippen molar-refractivity contribution in [3.8, 4) is 11.1 Å². The van der Waals surface area contributed by atoms with Gasteiger partial charge in [0.05, 0.1) is 36.5 Å². The molecule has 286 valence electrons. The van der Waals surface area contributed by atoms with Crippen molar-refractivity contribution in [2.45, 2.75) is 31.9 Å². The number of aromatic nitrogens is 6. The third-order valence-corrected chi connectivity index (χ3v) is 9.50. The van der Waals surface area contributed by atoms with Gasteiger partial charge in [-0.3, -0.25) is 15.0 Å². The van der Waals surface area contributed by atoms with Gasteiger partial charge in [-0.2, -0.15) is 5.10 Å². The number of ether oxygens (including phenoxy) is 1. The Hall–Kier alpha value is -6.98. The fourth-order valence-electron chi connectivity index (χ4n) is 7.10. The number of benzene rings is 3. The van der Waals surface area contributed by atoms with Gasteiger partial charge in [0.25, 0.3) is 0 Å². The molecule has 0 bridgehead atoms. The van der Waals surface area contributed by atoms with Crippen LogP contribution in [0.5, 0.6) is 0 Å². The molecule has 0 atom stereocenters. The lowest BCUT2D eigenvalue weighted by Gasteiger charge is -2.36. The zero-order valence-electron chi connectivity index (χ0n) is 31.7. The molecule has 0 saturated carbocycles. The number of halogens is 1. The summed E-state index contributed by atoms with van der Waals surface area (Å²) in [6, 6.07) is 35.1. The monoisotopic (exact) mass is 775 g/mol. The molecule has 3 aromatic carbocycles. The molecule has 8 aromatic rings. The van der Waals surface area contributed by atoms with Gasteiger partial charge >= 0.3 is 6.09 Å². The number of nitrogen functional groups attached to an aromatic ring is 1. The van der Waals surface area contributed by atoms with Crippen LogP contribution in [0.1, 0.15) is 43.0 Å². The number of nitrogens with two attached hydrogens (primary N) is 1. The average Bonchev–Trinajstić information content (AvgIpc) is 4.03. The maximum absolute atomic E-state index is 12.4. The Morgan fingerprint density at radius 1 is 0.772 bits per heavy atom. The van der Waals surface area contributed by atoms with Gasteiger partial charge in [0.1, 0.15) is 22.4 Å². The van der Waals surface area contributed by atoms with Gasteiger partial charge in [-0.15, -0.1) is 12.4 Å². The van der Waals surface area contributed by atoms with Gasteiger partial charge in [-0.1, -0.05) is 97.1 Å². The fourth-order valence-corrected chi connectivity index (χ4v) is 7.10. The van der Waals surface area contributed by atoms with Gasteiger partial charge in [-0.05, 0) is 55.2 Å². The molecule has 12 heteroatoms. The number of rotatable bonds is 7. The summed E-state index contributed by atoms with van der Waals surface area (Å²) in [7, 11) is 0. The largest absolute Gasteiger partial charge is 0.444 e. The number of anilines is 2. The molecule has 5 aromatic heterocycles. The van der Waals surface area contributed by atoms with Crippen molar-refractivity contribution in [1.82, 2.24) is 29.7 Å². The number of H-pyrrole nitrogens is 2. The smallest absolute Gasteiger partial charge is 0.412 e. The predicted molar refractivity (Wildman–Crippen MR) is 231 cm³/mol. The van der Waals surface area contributed by atoms with Crippen LogP contribution in [0.3, 0.4) is 0 Å². The summed E-state index contributed by atoms with van der Waals surface area (Å²) in [5, 5.41) is 9.69. The van der Waals surface area contributed by atoms with E-state index in [9.17, 15) is 4.79 Å². The zero-order valence-corrected chi connectivity index (χ0v) is 32.5. The van der Waals surface area contributed by atoms with Crippen molar-refractivity contribution in [1.29, 1.82) is 0 Å². The minimum absolute atomic E-state index is 0. The van der Waals surface area contributed by atoms with E-state index in [1.54, 1.807) is 12.4 Å². The van der Waals surface area contributed by atoms with Crippen LogP contribution >= 0.6 is 12.4 Å². The van der Waals surface area contributed by atoms with Gasteiger partial charge in [0.15, 0.2) is 0 Å². The van der Waals surface area contributed by atoms with E-state index in [-0.39, 0.29) is 12.4 Å². The molecule has 5 N–H and O–H groups in total. The molecule has 1 aliphatic rings. The number of aromatic amines is 2. The van der Waals surface area contributed by atoms with Crippen LogP contribution in [0, 0.1) is 0 Å². The summed E-state index contributed by atoms with van der Waals surface area (Å²) in [5.74, 6) is 0. The summed E-state index contributed by atoms with van der Waals surface area (Å²) in [6.07, 6.45) is 14.5. The Kier molecular flexibility index (Phi) is 10.8. The quantitative estimate of drug-likeness (QED) is 0.118. The van der Waals surface area contributed by atoms with E-state index in [0.717, 1.165) is 61.9 Å². The molecule has 1 aliphatic heterocycles. The van der Waals surface area contributed by atoms with Crippen molar-refractivity contribution in [3.63, 3.8) is 0 Å². The Bertz CT molecular complexity index is 2600. The van der Waals surface area contributed by atoms with E-state index in [2.05, 4.69) is 115 Å². The number of carbonyl (C=O) groups is 1. The number of aliphatic imine (C=N–C) groups is 1. The third kappa shape index (κ3) is 7.78. The van der Waals surface area contributed by atoms with E-state index >= 15 is 0 Å². The van der Waals surface area contributed by atoms with Crippen LogP contribution in [-0.4, -0.2) is 54.2 Å². The zero-order chi connectivity index (χ0) is 38.7. The van der Waals surface area contributed by atoms with Crippen LogP contribution < -0.4 is 11.1 Å². The number of pyridine rings is 2. The highest BCUT2D eigenvalue weighted by Gasteiger charge is 2.39. The second-order valence-electron chi connectivity index (χ2n) is 14.5. The number of carbonyl (C=O) groups excluding carboxylic acids is 1. The molecule has 0 spiro atoms. The highest BCUT2D eigenvalue weighted by Crippen LogP contribution is 2.41. The van der Waals surface area contributed by atoms with E-state index in [4.69, 9.17) is 15.6 Å². The second kappa shape index (κ2) is 16.0. The molecule has 0 fully saturated rings. The predicted octanol–water partition coefficient (Wildman–Crippen LogP) is 9.65. The van der Waals surface area contributed by atoms with Crippen molar-refractivity contribution in [2.24, 2.45) is 4.99 Å². The van der Waals surface area contributed by atoms with Crippen LogP contribution in [0.4, 0.5) is 16.2 Å². The average molecular weight is 776 g/mol. The lowest BCUT2D eigenvalue weighted by atomic mass is 9.77. The minimum Gasteiger partial charge on any atom is -0.444 e. The summed E-state index contributed by atoms with van der Waals surface area (Å²) in [5.41, 5.74) is 14.6. The molecule has 57 heavy (non-hydrogen) atoms. The Labute approximate surface area is 336 Å². The second-order valence-corrected chi connectivity index (χ2v) is 14.5. The van der Waals surface area contributed by atoms with E-state index < -0.39 is 17.2 Å². The molecular formula is C45H42ClN9O2. The SMILES string of the molecule is CC(C)(C)OC(=O)Nc1cnc2[nH]cc(-c3cnn(C(c4ccccc4)(c4ccccc4)c4ccccc4)c3)c2c1.Cl.Nc1cnc2[nH]cc(C3=CCN=C3)c2c1. The molecule has 0 unspecified atom stereocenters. The number of amides is 1. The summed E-state index contributed by atoms with van der Waals surface area (Å²) < 4.78 is 7.46. The van der Waals surface area contributed by atoms with Crippen molar-refractivity contribution >= 4 is 63.7 Å². The normalized spacial score (nSPS) is 12.4. The summed E-state index contributed by atoms with van der Waals surface area (Å²) in [6.45, 7) is 6.25. The first kappa shape index (κ1) is 38.3. The van der Waals surface area contributed by atoms with Gasteiger partial charge in [0.2, 0.25) is 0 Å². The number of hydrogen-bond acceptors (Lipinski definition) is 7. The number of allylic oxidation sites excluding steroid dienone is 1. The highest BCUT2D eigenvalue weighted by atomic mass is 35.5. The maximum atomic E-state index is 12.4. The van der Waals surface area contributed by atoms with E-state index in [1.807, 2.05) is 80.6 Å². The number of hydrogen-bond donors (Lipinski definition) is 4. The fraction of sp³-hybridized carbons (Fsp3) is 0.133. The van der Waals surface area contributed by atoms with Crippen molar-refractivity contribution in [2.75, 3.05) is 17.6 Å². The summed E-state index contributed by atoms with van der Waals surface area (Å²) in [4.78, 5) is 31.7. The Morgan fingerprint density at radius 2 is 1.33 bits per heavy atom. The molecule has 0 aliphatic carbocycles. The molecule has 1 amide bonds. The lowest BCUT2D eigenvalue weighted by Crippen LogP contribution is -2.38. The molecule has 6 heterocycles. The van der Waals surface area contributed by atoms with Crippen LogP contribution in [0.2, 0.25) is 0 Å². The van der Waals surface area contributed by atoms with Gasteiger partial charge in [-0.25, -0.2) is 14.8 Å². The topological polar surface area (TPSA) is 152 Å². The standard InChI is InChI=1S/C34H31N5O2.C11H10N4.ClH/c1-33(2,3)41-32(40)38-28-19-29-30(22-36-31(29)35-21-28)24-20-37-39(23-24)34(25-13-7-4-8-14-25,26-15-9-5-10-16-26)27-17-11-6-12-18-27;12-8-3-9-10(7-1-2-13-4-7)6-15-11(9)14-5-8;/h4-23H,1-3H3,(H,35,36)(H,38,40);1,3-6H,2,12H2,(H,14,15);1H. The van der Waals surface area contributed by atoms with E-state index in [1.165, 1.54) is 0 Å². The molecular weight excluding hydrogens is 734 g/mol. The van der Waals surface area contributed by atoms with Gasteiger partial charge in [0, 0.05) is 52.3 Å². The third-order valence-electron chi connectivity index (χ3n) is 9.50. The number of nitrogens with one attached hydrogen (secondary N) is 3. The van der Waals surface area contributed by atoms with Crippen LogP contribution in [-0.2, 0) is 10.3 Å². The first-order valence-electron chi connectivity index (χ1n) is 18.3. The van der Waals surface area contributed by atoms with Crippen molar-refractivity contribution in [3.05, 3.63) is 169 Å². The van der Waals surface area contributed by atoms with E-state index in [0.29, 0.717) is 17.0 Å². The van der Waals surface area contributed by atoms with Gasteiger partial charge < -0.3 is 20.4 Å². The molecule has 0 radical (unpaired) electrons. The molecule has 0 saturated heterocycles. The minimum atomic E-state index is -0.712. The number of fused-ring (bicyclic) bond motifs is 2. The molecule has 9 rings (SSSR count). The first-order chi connectivity index (χ1) is 27.2. The highest BCUT2D eigenvalue weighted by molar-refractivity contribution is 6.16. The summed E-state index contributed by atoms with van der Waals surface area (Å²) >= 11 is 0. The lowest BCUT2D eigenvalue weighted by molar-refractivity contribution is 0.0636.